The topological polar surface area (TPSA) is 84.5 Å². The first-order valence-corrected chi connectivity index (χ1v) is 8.71. The van der Waals surface area contributed by atoms with Crippen molar-refractivity contribution < 1.29 is 19.1 Å². The molecule has 142 valence electrons. The van der Waals surface area contributed by atoms with E-state index in [2.05, 4.69) is 10.6 Å². The van der Waals surface area contributed by atoms with E-state index in [1.54, 1.807) is 30.3 Å². The zero-order valence-corrected chi connectivity index (χ0v) is 16.1. The number of aryl methyl sites for hydroxylation is 3. The van der Waals surface area contributed by atoms with Crippen molar-refractivity contribution in [3.05, 3.63) is 63.7 Å². The summed E-state index contributed by atoms with van der Waals surface area (Å²) in [6, 6.07) is 10.4. The molecule has 6 nitrogen and oxygen atoms in total. The van der Waals surface area contributed by atoms with Crippen molar-refractivity contribution in [1.82, 2.24) is 5.32 Å². The Balaban J connectivity index is 1.78. The molecule has 0 fully saturated rings. The molecule has 0 bridgehead atoms. The molecule has 27 heavy (non-hydrogen) atoms. The molecule has 0 radical (unpaired) electrons. The fourth-order valence-electron chi connectivity index (χ4n) is 2.25. The molecule has 0 unspecified atom stereocenters. The van der Waals surface area contributed by atoms with Crippen molar-refractivity contribution in [2.75, 3.05) is 18.5 Å². The van der Waals surface area contributed by atoms with Gasteiger partial charge in [0.1, 0.15) is 6.54 Å². The number of esters is 1. The van der Waals surface area contributed by atoms with Gasteiger partial charge in [-0.1, -0.05) is 23.7 Å². The van der Waals surface area contributed by atoms with Gasteiger partial charge in [0.15, 0.2) is 6.61 Å². The maximum absolute atomic E-state index is 12.1. The largest absolute Gasteiger partial charge is 0.454 e. The number of halogens is 1. The second kappa shape index (κ2) is 9.19. The third-order valence-electron chi connectivity index (χ3n) is 4.00. The molecule has 2 aromatic rings. The summed E-state index contributed by atoms with van der Waals surface area (Å²) in [6.45, 7) is 4.89. The lowest BCUT2D eigenvalue weighted by Crippen LogP contribution is -2.32. The third kappa shape index (κ3) is 6.11. The Morgan fingerprint density at radius 3 is 2.37 bits per heavy atom. The highest BCUT2D eigenvalue weighted by Gasteiger charge is 2.12. The van der Waals surface area contributed by atoms with Crippen LogP contribution in [0.15, 0.2) is 36.4 Å². The zero-order chi connectivity index (χ0) is 20.0. The number of hydrogen-bond acceptors (Lipinski definition) is 4. The Hall–Kier alpha value is -2.86. The number of ether oxygens (including phenoxy) is 1. The lowest BCUT2D eigenvalue weighted by molar-refractivity contribution is -0.146. The van der Waals surface area contributed by atoms with Crippen LogP contribution < -0.4 is 10.6 Å². The lowest BCUT2D eigenvalue weighted by Gasteiger charge is -2.10. The molecular weight excluding hydrogens is 368 g/mol. The van der Waals surface area contributed by atoms with E-state index in [0.717, 1.165) is 16.7 Å². The molecule has 0 saturated carbocycles. The van der Waals surface area contributed by atoms with Crippen LogP contribution in [0.25, 0.3) is 0 Å². The van der Waals surface area contributed by atoms with Crippen molar-refractivity contribution in [1.29, 1.82) is 0 Å². The van der Waals surface area contributed by atoms with E-state index in [4.69, 9.17) is 16.3 Å². The molecule has 2 aromatic carbocycles. The summed E-state index contributed by atoms with van der Waals surface area (Å²) in [5.41, 5.74) is 3.90. The van der Waals surface area contributed by atoms with Crippen LogP contribution in [-0.4, -0.2) is 30.9 Å². The first kappa shape index (κ1) is 20.5. The first-order valence-electron chi connectivity index (χ1n) is 8.33. The number of benzene rings is 2. The van der Waals surface area contributed by atoms with E-state index in [9.17, 15) is 14.4 Å². The maximum Gasteiger partial charge on any atom is 0.325 e. The second-order valence-corrected chi connectivity index (χ2v) is 6.59. The third-order valence-corrected chi connectivity index (χ3v) is 4.24. The molecule has 0 spiro atoms. The summed E-state index contributed by atoms with van der Waals surface area (Å²) >= 11 is 5.89. The van der Waals surface area contributed by atoms with Crippen LogP contribution in [0.4, 0.5) is 5.69 Å². The number of carbonyl (C=O) groups is 3. The van der Waals surface area contributed by atoms with Gasteiger partial charge in [0.25, 0.3) is 11.8 Å². The summed E-state index contributed by atoms with van der Waals surface area (Å²) in [5.74, 6) is -1.58. The summed E-state index contributed by atoms with van der Waals surface area (Å²) in [5, 5.41) is 5.58. The van der Waals surface area contributed by atoms with Gasteiger partial charge in [-0.25, -0.2) is 0 Å². The highest BCUT2D eigenvalue weighted by molar-refractivity contribution is 6.31. The molecular formula is C20H21ClN2O4. The van der Waals surface area contributed by atoms with Crippen LogP contribution in [0.3, 0.4) is 0 Å². The average molecular weight is 389 g/mol. The van der Waals surface area contributed by atoms with Gasteiger partial charge in [-0.05, 0) is 61.7 Å². The summed E-state index contributed by atoms with van der Waals surface area (Å²) in [4.78, 5) is 35.7. The quantitative estimate of drug-likeness (QED) is 0.744. The first-order chi connectivity index (χ1) is 12.8. The fraction of sp³-hybridized carbons (Fsp3) is 0.250. The number of rotatable bonds is 6. The molecule has 0 heterocycles. The highest BCUT2D eigenvalue weighted by Crippen LogP contribution is 2.19. The van der Waals surface area contributed by atoms with E-state index in [1.165, 1.54) is 0 Å². The van der Waals surface area contributed by atoms with Crippen LogP contribution in [0, 0.1) is 20.8 Å². The molecule has 2 N–H and O–H groups in total. The van der Waals surface area contributed by atoms with Gasteiger partial charge in [-0.15, -0.1) is 0 Å². The number of amides is 2. The van der Waals surface area contributed by atoms with Crippen molar-refractivity contribution in [3.63, 3.8) is 0 Å². The molecule has 0 aromatic heterocycles. The van der Waals surface area contributed by atoms with Crippen molar-refractivity contribution in [3.8, 4) is 0 Å². The minimum atomic E-state index is -0.704. The number of carbonyl (C=O) groups excluding carboxylic acids is 3. The Kier molecular flexibility index (Phi) is 6.96. The van der Waals surface area contributed by atoms with Crippen LogP contribution in [0.2, 0.25) is 5.02 Å². The normalized spacial score (nSPS) is 10.2. The number of nitrogens with one attached hydrogen (secondary N) is 2. The van der Waals surface area contributed by atoms with Gasteiger partial charge >= 0.3 is 5.97 Å². The average Bonchev–Trinajstić information content (AvgIpc) is 2.63. The minimum absolute atomic E-state index is 0.324. The molecule has 0 aliphatic carbocycles. The number of anilines is 1. The van der Waals surface area contributed by atoms with Gasteiger partial charge in [-0.2, -0.15) is 0 Å². The van der Waals surface area contributed by atoms with E-state index in [-0.39, 0.29) is 12.5 Å². The zero-order valence-electron chi connectivity index (χ0n) is 15.4. The standard InChI is InChI=1S/C20H21ClN2O4/c1-12-4-6-15(8-14(12)3)20(26)22-10-19(25)27-11-18(24)23-17-9-16(21)7-5-13(17)2/h4-9H,10-11H2,1-3H3,(H,22,26)(H,23,24). The molecule has 2 amide bonds. The SMILES string of the molecule is Cc1ccc(C(=O)NCC(=O)OCC(=O)Nc2cc(Cl)ccc2C)cc1C. The van der Waals surface area contributed by atoms with Gasteiger partial charge in [-0.3, -0.25) is 14.4 Å². The monoisotopic (exact) mass is 388 g/mol. The van der Waals surface area contributed by atoms with Crippen LogP contribution in [0.5, 0.6) is 0 Å². The van der Waals surface area contributed by atoms with E-state index < -0.39 is 18.5 Å². The number of hydrogen-bond donors (Lipinski definition) is 2. The highest BCUT2D eigenvalue weighted by atomic mass is 35.5. The summed E-state index contributed by atoms with van der Waals surface area (Å²) in [7, 11) is 0. The van der Waals surface area contributed by atoms with Gasteiger partial charge in [0.2, 0.25) is 0 Å². The van der Waals surface area contributed by atoms with Gasteiger partial charge in [0, 0.05) is 16.3 Å². The smallest absolute Gasteiger partial charge is 0.325 e. The van der Waals surface area contributed by atoms with E-state index >= 15 is 0 Å². The van der Waals surface area contributed by atoms with Crippen molar-refractivity contribution >= 4 is 35.1 Å². The van der Waals surface area contributed by atoms with E-state index in [1.807, 2.05) is 26.8 Å². The van der Waals surface area contributed by atoms with Gasteiger partial charge < -0.3 is 15.4 Å². The van der Waals surface area contributed by atoms with Crippen LogP contribution in [-0.2, 0) is 14.3 Å². The fourth-order valence-corrected chi connectivity index (χ4v) is 2.42. The summed E-state index contributed by atoms with van der Waals surface area (Å²) < 4.78 is 4.88. The predicted octanol–water partition coefficient (Wildman–Crippen LogP) is 3.18. The Labute approximate surface area is 162 Å². The molecule has 0 saturated heterocycles. The minimum Gasteiger partial charge on any atom is -0.454 e. The molecule has 0 atom stereocenters. The van der Waals surface area contributed by atoms with Crippen LogP contribution in [0.1, 0.15) is 27.0 Å². The Morgan fingerprint density at radius 2 is 1.67 bits per heavy atom. The maximum atomic E-state index is 12.1. The molecule has 0 aliphatic rings. The molecule has 2 rings (SSSR count). The van der Waals surface area contributed by atoms with Gasteiger partial charge in [0.05, 0.1) is 0 Å². The van der Waals surface area contributed by atoms with Crippen molar-refractivity contribution in [2.24, 2.45) is 0 Å². The Bertz CT molecular complexity index is 880. The summed E-state index contributed by atoms with van der Waals surface area (Å²) in [6.07, 6.45) is 0. The van der Waals surface area contributed by atoms with Crippen molar-refractivity contribution in [2.45, 2.75) is 20.8 Å². The molecule has 7 heteroatoms. The van der Waals surface area contributed by atoms with E-state index in [0.29, 0.717) is 16.3 Å². The van der Waals surface area contributed by atoms with Crippen LogP contribution >= 0.6 is 11.6 Å². The predicted molar refractivity (Wildman–Crippen MR) is 104 cm³/mol. The lowest BCUT2D eigenvalue weighted by atomic mass is 10.1. The second-order valence-electron chi connectivity index (χ2n) is 6.15. The molecule has 0 aliphatic heterocycles. The Morgan fingerprint density at radius 1 is 0.963 bits per heavy atom.